The Morgan fingerprint density at radius 3 is 2.26 bits per heavy atom. The molecule has 1 atom stereocenters. The lowest BCUT2D eigenvalue weighted by Crippen LogP contribution is -2.72. The van der Waals surface area contributed by atoms with Crippen LogP contribution in [0.1, 0.15) is 24.8 Å². The Morgan fingerprint density at radius 2 is 1.79 bits per heavy atom. The van der Waals surface area contributed by atoms with Gasteiger partial charge in [0.2, 0.25) is 0 Å². The van der Waals surface area contributed by atoms with Crippen molar-refractivity contribution in [1.82, 2.24) is 0 Å². The van der Waals surface area contributed by atoms with Crippen LogP contribution in [-0.2, 0) is 14.9 Å². The van der Waals surface area contributed by atoms with E-state index in [2.05, 4.69) is 4.74 Å². The van der Waals surface area contributed by atoms with Gasteiger partial charge in [0.15, 0.2) is 0 Å². The summed E-state index contributed by atoms with van der Waals surface area (Å²) in [6, 6.07) is 2.97. The lowest BCUT2D eigenvalue weighted by atomic mass is 9.31. The summed E-state index contributed by atoms with van der Waals surface area (Å²) in [6.45, 7) is 0. The zero-order chi connectivity index (χ0) is 13.8. The van der Waals surface area contributed by atoms with Crippen LogP contribution < -0.4 is 5.73 Å². The maximum absolute atomic E-state index is 13.2. The van der Waals surface area contributed by atoms with Crippen LogP contribution in [0.4, 0.5) is 8.78 Å². The van der Waals surface area contributed by atoms with Crippen LogP contribution in [0.25, 0.3) is 0 Å². The molecular weight excluding hydrogens is 252 g/mol. The van der Waals surface area contributed by atoms with Crippen LogP contribution >= 0.6 is 0 Å². The zero-order valence-corrected chi connectivity index (χ0v) is 10.6. The van der Waals surface area contributed by atoms with E-state index in [0.717, 1.165) is 6.07 Å². The van der Waals surface area contributed by atoms with E-state index in [9.17, 15) is 13.6 Å². The average molecular weight is 267 g/mol. The lowest BCUT2D eigenvalue weighted by Gasteiger charge is -2.72. The molecule has 0 spiro atoms. The Morgan fingerprint density at radius 1 is 1.26 bits per heavy atom. The zero-order valence-electron chi connectivity index (χ0n) is 10.6. The molecule has 1 unspecified atom stereocenters. The highest BCUT2D eigenvalue weighted by Gasteiger charge is 2.71. The molecule has 3 aliphatic rings. The topological polar surface area (TPSA) is 52.3 Å². The maximum Gasteiger partial charge on any atom is 0.323 e. The van der Waals surface area contributed by atoms with Crippen molar-refractivity contribution < 1.29 is 18.3 Å². The number of halogens is 2. The molecule has 5 heteroatoms. The Kier molecular flexibility index (Phi) is 2.48. The van der Waals surface area contributed by atoms with Gasteiger partial charge in [-0.15, -0.1) is 0 Å². The highest BCUT2D eigenvalue weighted by Crippen LogP contribution is 2.74. The van der Waals surface area contributed by atoms with Crippen LogP contribution in [0.2, 0.25) is 0 Å². The molecule has 3 aliphatic carbocycles. The molecule has 2 N–H and O–H groups in total. The first kappa shape index (κ1) is 12.5. The van der Waals surface area contributed by atoms with Crippen LogP contribution in [0, 0.1) is 17.0 Å². The molecule has 3 saturated carbocycles. The van der Waals surface area contributed by atoms with Crippen molar-refractivity contribution in [2.24, 2.45) is 11.1 Å². The minimum Gasteiger partial charge on any atom is -0.468 e. The third-order valence-electron chi connectivity index (χ3n) is 4.66. The minimum atomic E-state index is -0.641. The van der Waals surface area contributed by atoms with E-state index in [1.54, 1.807) is 0 Å². The number of carbonyl (C=O) groups is 1. The van der Waals surface area contributed by atoms with Gasteiger partial charge < -0.3 is 10.5 Å². The standard InChI is InChI=1S/C14H15F2NO2/c1-19-12(18)11(17)14-5-13(6-14,7-14)8-2-9(15)4-10(16)3-8/h2-4,11H,5-7,17H2,1H3. The van der Waals surface area contributed by atoms with Crippen molar-refractivity contribution >= 4 is 5.97 Å². The number of methoxy groups -OCH3 is 1. The Hall–Kier alpha value is -1.49. The number of hydrogen-bond donors (Lipinski definition) is 1. The Balaban J connectivity index is 1.78. The molecule has 3 fully saturated rings. The Labute approximate surface area is 109 Å². The van der Waals surface area contributed by atoms with Gasteiger partial charge in [-0.25, -0.2) is 8.78 Å². The number of ether oxygens (including phenoxy) is 1. The smallest absolute Gasteiger partial charge is 0.323 e. The molecule has 0 aliphatic heterocycles. The van der Waals surface area contributed by atoms with Crippen LogP contribution in [0.5, 0.6) is 0 Å². The molecule has 0 aromatic heterocycles. The second kappa shape index (κ2) is 3.76. The predicted molar refractivity (Wildman–Crippen MR) is 64.3 cm³/mol. The summed E-state index contributed by atoms with van der Waals surface area (Å²) < 4.78 is 31.1. The summed E-state index contributed by atoms with van der Waals surface area (Å²) in [5, 5.41) is 0. The van der Waals surface area contributed by atoms with Crippen molar-refractivity contribution in [2.75, 3.05) is 7.11 Å². The van der Waals surface area contributed by atoms with E-state index in [-0.39, 0.29) is 10.8 Å². The third-order valence-corrected chi connectivity index (χ3v) is 4.66. The van der Waals surface area contributed by atoms with Gasteiger partial charge in [-0.1, -0.05) is 0 Å². The fourth-order valence-corrected chi connectivity index (χ4v) is 3.74. The summed E-state index contributed by atoms with van der Waals surface area (Å²) in [4.78, 5) is 11.5. The van der Waals surface area contributed by atoms with Crippen LogP contribution in [0.15, 0.2) is 18.2 Å². The molecular formula is C14H15F2NO2. The summed E-state index contributed by atoms with van der Waals surface area (Å²) in [5.74, 6) is -1.55. The minimum absolute atomic E-state index is 0.200. The van der Waals surface area contributed by atoms with Gasteiger partial charge in [0, 0.05) is 6.07 Å². The van der Waals surface area contributed by atoms with Crippen molar-refractivity contribution in [3.05, 3.63) is 35.4 Å². The fourth-order valence-electron chi connectivity index (χ4n) is 3.74. The molecule has 0 radical (unpaired) electrons. The first-order chi connectivity index (χ1) is 8.91. The van der Waals surface area contributed by atoms with E-state index in [4.69, 9.17) is 5.73 Å². The van der Waals surface area contributed by atoms with Crippen LogP contribution in [0.3, 0.4) is 0 Å². The van der Waals surface area contributed by atoms with Crippen molar-refractivity contribution in [3.63, 3.8) is 0 Å². The van der Waals surface area contributed by atoms with Gasteiger partial charge in [-0.3, -0.25) is 4.79 Å². The van der Waals surface area contributed by atoms with E-state index in [0.29, 0.717) is 24.8 Å². The molecule has 1 aromatic carbocycles. The number of nitrogens with two attached hydrogens (primary N) is 1. The first-order valence-electron chi connectivity index (χ1n) is 6.21. The predicted octanol–water partition coefficient (Wildman–Crippen LogP) is 1.89. The molecule has 3 nitrogen and oxygen atoms in total. The molecule has 0 heterocycles. The quantitative estimate of drug-likeness (QED) is 0.851. The Bertz CT molecular complexity index is 518. The number of esters is 1. The van der Waals surface area contributed by atoms with Crippen molar-refractivity contribution in [3.8, 4) is 0 Å². The molecule has 2 bridgehead atoms. The average Bonchev–Trinajstić information content (AvgIpc) is 2.22. The lowest BCUT2D eigenvalue weighted by molar-refractivity contribution is -0.181. The van der Waals surface area contributed by atoms with E-state index in [1.165, 1.54) is 19.2 Å². The van der Waals surface area contributed by atoms with E-state index >= 15 is 0 Å². The summed E-state index contributed by atoms with van der Waals surface area (Å²) >= 11 is 0. The summed E-state index contributed by atoms with van der Waals surface area (Å²) in [6.07, 6.45) is 2.08. The maximum atomic E-state index is 13.2. The largest absolute Gasteiger partial charge is 0.468 e. The molecule has 19 heavy (non-hydrogen) atoms. The van der Waals surface area contributed by atoms with E-state index in [1.807, 2.05) is 0 Å². The third kappa shape index (κ3) is 1.61. The molecule has 0 amide bonds. The second-order valence-electron chi connectivity index (χ2n) is 5.83. The fraction of sp³-hybridized carbons (Fsp3) is 0.500. The van der Waals surface area contributed by atoms with Crippen LogP contribution in [-0.4, -0.2) is 19.1 Å². The number of hydrogen-bond acceptors (Lipinski definition) is 3. The number of benzene rings is 1. The van der Waals surface area contributed by atoms with Crippen molar-refractivity contribution in [1.29, 1.82) is 0 Å². The molecule has 1 aromatic rings. The summed E-state index contributed by atoms with van der Waals surface area (Å²) in [5.41, 5.74) is 6.11. The number of carbonyl (C=O) groups excluding carboxylic acids is 1. The normalized spacial score (nSPS) is 33.1. The van der Waals surface area contributed by atoms with Gasteiger partial charge in [-0.05, 0) is 47.8 Å². The first-order valence-corrected chi connectivity index (χ1v) is 6.21. The van der Waals surface area contributed by atoms with Gasteiger partial charge in [0.1, 0.15) is 17.7 Å². The second-order valence-corrected chi connectivity index (χ2v) is 5.83. The molecule has 0 saturated heterocycles. The highest BCUT2D eigenvalue weighted by molar-refractivity contribution is 5.77. The number of rotatable bonds is 3. The van der Waals surface area contributed by atoms with Gasteiger partial charge in [0.05, 0.1) is 7.11 Å². The molecule has 102 valence electrons. The highest BCUT2D eigenvalue weighted by atomic mass is 19.1. The van der Waals surface area contributed by atoms with E-state index < -0.39 is 23.6 Å². The SMILES string of the molecule is COC(=O)C(N)C12CC(c3cc(F)cc(F)c3)(C1)C2. The van der Waals surface area contributed by atoms with Gasteiger partial charge in [-0.2, -0.15) is 0 Å². The monoisotopic (exact) mass is 267 g/mol. The van der Waals surface area contributed by atoms with Crippen molar-refractivity contribution in [2.45, 2.75) is 30.7 Å². The molecule has 4 rings (SSSR count). The van der Waals surface area contributed by atoms with Gasteiger partial charge >= 0.3 is 5.97 Å². The van der Waals surface area contributed by atoms with Gasteiger partial charge in [0.25, 0.3) is 0 Å². The summed E-state index contributed by atoms with van der Waals surface area (Å²) in [7, 11) is 1.31.